The maximum absolute atomic E-state index is 13.4. The highest BCUT2D eigenvalue weighted by Crippen LogP contribution is 2.37. The van der Waals surface area contributed by atoms with Crippen LogP contribution in [-0.2, 0) is 22.4 Å². The number of allylic oxidation sites excluding steroid dienone is 5. The number of nitriles is 1. The van der Waals surface area contributed by atoms with Crippen molar-refractivity contribution >= 4 is 18.1 Å². The van der Waals surface area contributed by atoms with Gasteiger partial charge in [0.05, 0.1) is 36.6 Å². The fraction of sp³-hybridized carbons (Fsp3) is 0.533. The number of nitrogens with one attached hydrogen (secondary N) is 2. The molecule has 0 radical (unpaired) electrons. The maximum atomic E-state index is 13.4. The SMILES string of the molecule is CC/C=C/C(C#N)=C(\C=C(/C)NC(=O)N1CCCc2cc(CN3CCCC34COC4)c(C=O)nc21)NCCOC. The molecule has 0 saturated carbocycles. The summed E-state index contributed by atoms with van der Waals surface area (Å²) in [4.78, 5) is 34.2. The zero-order valence-corrected chi connectivity index (χ0v) is 23.8. The van der Waals surface area contributed by atoms with Crippen LogP contribution < -0.4 is 15.5 Å². The molecule has 0 bridgehead atoms. The summed E-state index contributed by atoms with van der Waals surface area (Å²) in [5.41, 5.74) is 3.99. The summed E-state index contributed by atoms with van der Waals surface area (Å²) in [7, 11) is 1.62. The number of likely N-dealkylation sites (tertiary alicyclic amines) is 1. The van der Waals surface area contributed by atoms with Crippen LogP contribution in [0.3, 0.4) is 0 Å². The van der Waals surface area contributed by atoms with E-state index in [1.807, 2.05) is 13.0 Å². The lowest BCUT2D eigenvalue weighted by molar-refractivity contribution is -0.125. The number of aryl methyl sites for hydroxylation is 1. The van der Waals surface area contributed by atoms with E-state index >= 15 is 0 Å². The molecule has 0 aliphatic carbocycles. The van der Waals surface area contributed by atoms with Gasteiger partial charge in [0.2, 0.25) is 0 Å². The first-order chi connectivity index (χ1) is 19.4. The van der Waals surface area contributed by atoms with Gasteiger partial charge in [0.15, 0.2) is 6.29 Å². The highest BCUT2D eigenvalue weighted by Gasteiger charge is 2.47. The maximum Gasteiger partial charge on any atom is 0.327 e. The molecule has 40 heavy (non-hydrogen) atoms. The van der Waals surface area contributed by atoms with Crippen molar-refractivity contribution in [2.75, 3.05) is 51.5 Å². The Hall–Kier alpha value is -3.52. The molecule has 1 aromatic heterocycles. The molecule has 0 unspecified atom stereocenters. The molecule has 10 nitrogen and oxygen atoms in total. The summed E-state index contributed by atoms with van der Waals surface area (Å²) in [5.74, 6) is 0.531. The normalized spacial score (nSPS) is 19.1. The monoisotopic (exact) mass is 548 g/mol. The highest BCUT2D eigenvalue weighted by molar-refractivity contribution is 5.94. The number of aldehydes is 1. The lowest BCUT2D eigenvalue weighted by atomic mass is 9.93. The number of nitrogens with zero attached hydrogens (tertiary/aromatic N) is 4. The Morgan fingerprint density at radius 2 is 2.15 bits per heavy atom. The molecule has 0 aromatic carbocycles. The Kier molecular flexibility index (Phi) is 10.1. The molecule has 4 heterocycles. The number of carbonyl (C=O) groups is 2. The van der Waals surface area contributed by atoms with E-state index in [-0.39, 0.29) is 11.6 Å². The molecule has 0 atom stereocenters. The zero-order chi connectivity index (χ0) is 28.5. The summed E-state index contributed by atoms with van der Waals surface area (Å²) < 4.78 is 10.6. The molecular formula is C30H40N6O4. The van der Waals surface area contributed by atoms with E-state index in [0.717, 1.165) is 69.3 Å². The van der Waals surface area contributed by atoms with Crippen molar-refractivity contribution in [3.8, 4) is 6.07 Å². The van der Waals surface area contributed by atoms with E-state index in [9.17, 15) is 14.9 Å². The number of hydrogen-bond donors (Lipinski definition) is 2. The molecule has 4 rings (SSSR count). The minimum absolute atomic E-state index is 0.0926. The van der Waals surface area contributed by atoms with Crippen molar-refractivity contribution in [2.45, 2.75) is 58.0 Å². The number of carbonyl (C=O) groups excluding carboxylic acids is 2. The number of hydrogen-bond acceptors (Lipinski definition) is 8. The average Bonchev–Trinajstić information content (AvgIpc) is 3.37. The van der Waals surface area contributed by atoms with Crippen molar-refractivity contribution in [1.82, 2.24) is 20.5 Å². The van der Waals surface area contributed by atoms with Gasteiger partial charge >= 0.3 is 6.03 Å². The molecular weight excluding hydrogens is 508 g/mol. The zero-order valence-electron chi connectivity index (χ0n) is 23.8. The van der Waals surface area contributed by atoms with Gasteiger partial charge < -0.3 is 20.1 Å². The van der Waals surface area contributed by atoms with Crippen LogP contribution in [0.2, 0.25) is 0 Å². The fourth-order valence-corrected chi connectivity index (χ4v) is 5.52. The number of rotatable bonds is 11. The largest absolute Gasteiger partial charge is 0.383 e. The lowest BCUT2D eigenvalue weighted by Crippen LogP contribution is -2.58. The minimum atomic E-state index is -0.323. The summed E-state index contributed by atoms with van der Waals surface area (Å²) in [6.45, 7) is 8.40. The van der Waals surface area contributed by atoms with Gasteiger partial charge in [0, 0.05) is 32.4 Å². The van der Waals surface area contributed by atoms with E-state index in [1.165, 1.54) is 0 Å². The van der Waals surface area contributed by atoms with Crippen LogP contribution in [0.5, 0.6) is 0 Å². The van der Waals surface area contributed by atoms with E-state index in [2.05, 4.69) is 27.7 Å². The second-order valence-electron chi connectivity index (χ2n) is 10.6. The van der Waals surface area contributed by atoms with Gasteiger partial charge in [-0.3, -0.25) is 14.6 Å². The van der Waals surface area contributed by atoms with E-state index < -0.39 is 0 Å². The van der Waals surface area contributed by atoms with Gasteiger partial charge in [0.1, 0.15) is 17.6 Å². The van der Waals surface area contributed by atoms with E-state index in [0.29, 0.717) is 54.7 Å². The number of aromatic nitrogens is 1. The summed E-state index contributed by atoms with van der Waals surface area (Å²) in [5, 5.41) is 15.9. The van der Waals surface area contributed by atoms with Gasteiger partial charge in [-0.2, -0.15) is 5.26 Å². The van der Waals surface area contributed by atoms with Crippen molar-refractivity contribution in [3.05, 3.63) is 58.1 Å². The first-order valence-electron chi connectivity index (χ1n) is 14.1. The van der Waals surface area contributed by atoms with Crippen molar-refractivity contribution in [1.29, 1.82) is 5.26 Å². The summed E-state index contributed by atoms with van der Waals surface area (Å²) in [6, 6.07) is 3.96. The minimum Gasteiger partial charge on any atom is -0.383 e. The summed E-state index contributed by atoms with van der Waals surface area (Å²) in [6.07, 6.45) is 10.9. The molecule has 2 saturated heterocycles. The Morgan fingerprint density at radius 3 is 2.83 bits per heavy atom. The van der Waals surface area contributed by atoms with Crippen LogP contribution >= 0.6 is 0 Å². The van der Waals surface area contributed by atoms with Crippen LogP contribution in [0.1, 0.15) is 61.1 Å². The van der Waals surface area contributed by atoms with Crippen LogP contribution in [0, 0.1) is 11.3 Å². The van der Waals surface area contributed by atoms with Gasteiger partial charge in [-0.25, -0.2) is 9.78 Å². The molecule has 214 valence electrons. The highest BCUT2D eigenvalue weighted by atomic mass is 16.5. The van der Waals surface area contributed by atoms with Crippen LogP contribution in [-0.4, -0.2) is 74.3 Å². The molecule has 3 aliphatic heterocycles. The average molecular weight is 549 g/mol. The molecule has 10 heteroatoms. The van der Waals surface area contributed by atoms with Gasteiger partial charge in [-0.1, -0.05) is 13.0 Å². The Morgan fingerprint density at radius 1 is 1.32 bits per heavy atom. The predicted molar refractivity (Wildman–Crippen MR) is 153 cm³/mol. The van der Waals surface area contributed by atoms with Gasteiger partial charge in [-0.15, -0.1) is 0 Å². The van der Waals surface area contributed by atoms with Crippen LogP contribution in [0.25, 0.3) is 0 Å². The molecule has 2 N–H and O–H groups in total. The lowest BCUT2D eigenvalue weighted by Gasteiger charge is -2.45. The molecule has 1 aromatic rings. The number of amides is 2. The van der Waals surface area contributed by atoms with Gasteiger partial charge in [-0.05, 0) is 74.9 Å². The third-order valence-corrected chi connectivity index (χ3v) is 7.69. The quantitative estimate of drug-likeness (QED) is 0.186. The number of urea groups is 1. The Balaban J connectivity index is 1.53. The van der Waals surface area contributed by atoms with Crippen LogP contribution in [0.4, 0.5) is 10.6 Å². The number of fused-ring (bicyclic) bond motifs is 1. The topological polar surface area (TPSA) is 120 Å². The number of methoxy groups -OCH3 is 1. The van der Waals surface area contributed by atoms with Crippen molar-refractivity contribution in [2.24, 2.45) is 0 Å². The molecule has 2 fully saturated rings. The first kappa shape index (κ1) is 29.5. The van der Waals surface area contributed by atoms with E-state index in [4.69, 9.17) is 14.5 Å². The van der Waals surface area contributed by atoms with E-state index in [1.54, 1.807) is 31.1 Å². The fourth-order valence-electron chi connectivity index (χ4n) is 5.52. The number of anilines is 1. The number of pyridine rings is 1. The van der Waals surface area contributed by atoms with Crippen molar-refractivity contribution in [3.63, 3.8) is 0 Å². The number of ether oxygens (including phenoxy) is 2. The third kappa shape index (κ3) is 6.61. The molecule has 2 amide bonds. The van der Waals surface area contributed by atoms with Crippen LogP contribution in [0.15, 0.2) is 41.3 Å². The third-order valence-electron chi connectivity index (χ3n) is 7.69. The second-order valence-corrected chi connectivity index (χ2v) is 10.6. The first-order valence-corrected chi connectivity index (χ1v) is 14.1. The predicted octanol–water partition coefficient (Wildman–Crippen LogP) is 3.60. The van der Waals surface area contributed by atoms with Gasteiger partial charge in [0.25, 0.3) is 0 Å². The Labute approximate surface area is 236 Å². The van der Waals surface area contributed by atoms with Crippen molar-refractivity contribution < 1.29 is 19.1 Å². The smallest absolute Gasteiger partial charge is 0.327 e. The Bertz CT molecular complexity index is 1230. The second kappa shape index (κ2) is 13.7. The molecule has 3 aliphatic rings. The standard InChI is InChI=1S/C30H40N6O4/c1-4-5-8-24(17-31)26(32-11-14-39-3)15-22(2)33-29(38)36-13-6-9-23-16-25(27(19-37)34-28(23)36)18-35-12-7-10-30(35)20-40-21-30/h5,8,15-16,19,32H,4,6-7,9-14,18,20-21H2,1-3H3,(H,33,38)/b8-5+,22-15+,26-24-. The summed E-state index contributed by atoms with van der Waals surface area (Å²) >= 11 is 0. The molecule has 1 spiro atoms.